The first-order chi connectivity index (χ1) is 16.3. The number of ether oxygens (including phenoxy) is 7. The van der Waals surface area contributed by atoms with Crippen LogP contribution < -0.4 is 20.9 Å². The van der Waals surface area contributed by atoms with Crippen LogP contribution in [0.2, 0.25) is 0 Å². The van der Waals surface area contributed by atoms with Gasteiger partial charge in [0.05, 0.1) is 77.4 Å². The van der Waals surface area contributed by atoms with Crippen molar-refractivity contribution in [2.75, 3.05) is 90.7 Å². The molecule has 0 aliphatic carbocycles. The van der Waals surface area contributed by atoms with Crippen LogP contribution >= 0.6 is 0 Å². The smallest absolute Gasteiger partial charge is 0.142 e. The average Bonchev–Trinajstić information content (AvgIpc) is 2.82. The van der Waals surface area contributed by atoms with E-state index in [0.29, 0.717) is 102 Å². The van der Waals surface area contributed by atoms with E-state index in [-0.39, 0.29) is 0 Å². The molecular weight excluding hydrogens is 428 g/mol. The van der Waals surface area contributed by atoms with Crippen LogP contribution in [0.25, 0.3) is 0 Å². The minimum Gasteiger partial charge on any atom is -0.489 e. The van der Waals surface area contributed by atoms with Gasteiger partial charge in [-0.1, -0.05) is 24.3 Å². The molecule has 184 valence electrons. The molecule has 33 heavy (non-hydrogen) atoms. The van der Waals surface area contributed by atoms with Crippen LogP contribution in [0.1, 0.15) is 0 Å². The van der Waals surface area contributed by atoms with Crippen molar-refractivity contribution in [1.29, 1.82) is 0 Å². The fourth-order valence-electron chi connectivity index (χ4n) is 2.63. The van der Waals surface area contributed by atoms with Crippen LogP contribution in [0.5, 0.6) is 11.5 Å². The van der Waals surface area contributed by atoms with E-state index < -0.39 is 0 Å². The summed E-state index contributed by atoms with van der Waals surface area (Å²) in [7, 11) is 0. The van der Waals surface area contributed by atoms with Crippen LogP contribution in [0.15, 0.2) is 48.5 Å². The normalized spacial score (nSPS) is 10.9. The molecule has 0 fully saturated rings. The Kier molecular flexibility index (Phi) is 14.5. The van der Waals surface area contributed by atoms with Crippen LogP contribution in [0.4, 0.5) is 11.4 Å². The maximum atomic E-state index is 5.80. The number of rotatable bonds is 20. The second-order valence-corrected chi connectivity index (χ2v) is 6.83. The molecule has 0 spiro atoms. The van der Waals surface area contributed by atoms with Gasteiger partial charge in [-0.2, -0.15) is 0 Å². The van der Waals surface area contributed by atoms with E-state index in [1.165, 1.54) is 0 Å². The molecule has 0 bridgehead atoms. The summed E-state index contributed by atoms with van der Waals surface area (Å²) in [5.74, 6) is 1.34. The van der Waals surface area contributed by atoms with E-state index in [4.69, 9.17) is 44.6 Å². The molecule has 4 N–H and O–H groups in total. The van der Waals surface area contributed by atoms with Gasteiger partial charge >= 0.3 is 0 Å². The number of nitrogens with two attached hydrogens (primary N) is 2. The summed E-state index contributed by atoms with van der Waals surface area (Å²) in [6, 6.07) is 14.8. The van der Waals surface area contributed by atoms with Crippen LogP contribution in [0, 0.1) is 0 Å². The third-order valence-corrected chi connectivity index (χ3v) is 4.30. The van der Waals surface area contributed by atoms with E-state index >= 15 is 0 Å². The summed E-state index contributed by atoms with van der Waals surface area (Å²) in [6.45, 7) is 5.89. The van der Waals surface area contributed by atoms with Crippen molar-refractivity contribution in [1.82, 2.24) is 0 Å². The molecule has 0 aliphatic heterocycles. The lowest BCUT2D eigenvalue weighted by Crippen LogP contribution is -2.15. The molecular formula is C24H36N2O7. The molecule has 2 aromatic carbocycles. The first-order valence-electron chi connectivity index (χ1n) is 11.1. The van der Waals surface area contributed by atoms with Gasteiger partial charge in [0.15, 0.2) is 0 Å². The van der Waals surface area contributed by atoms with E-state index in [1.54, 1.807) is 12.1 Å². The van der Waals surface area contributed by atoms with Crippen LogP contribution in [-0.4, -0.2) is 79.3 Å². The number of hydrogen-bond acceptors (Lipinski definition) is 9. The molecule has 0 heterocycles. The molecule has 2 aromatic rings. The minimum absolute atomic E-state index is 0.443. The predicted octanol–water partition coefficient (Wildman–Crippen LogP) is 2.39. The highest BCUT2D eigenvalue weighted by molar-refractivity contribution is 5.52. The van der Waals surface area contributed by atoms with Gasteiger partial charge < -0.3 is 44.6 Å². The van der Waals surface area contributed by atoms with Crippen molar-refractivity contribution in [2.24, 2.45) is 0 Å². The number of benzene rings is 2. The molecule has 0 saturated carbocycles. The lowest BCUT2D eigenvalue weighted by molar-refractivity contribution is -0.0141. The molecule has 0 atom stereocenters. The highest BCUT2D eigenvalue weighted by atomic mass is 16.6. The molecule has 9 heteroatoms. The van der Waals surface area contributed by atoms with Gasteiger partial charge in [0.25, 0.3) is 0 Å². The van der Waals surface area contributed by atoms with Crippen molar-refractivity contribution in [2.45, 2.75) is 0 Å². The Hall–Kier alpha value is -2.56. The second kappa shape index (κ2) is 17.9. The summed E-state index contributed by atoms with van der Waals surface area (Å²) in [6.07, 6.45) is 0. The van der Waals surface area contributed by atoms with Crippen LogP contribution in [0.3, 0.4) is 0 Å². The topological polar surface area (TPSA) is 117 Å². The van der Waals surface area contributed by atoms with Gasteiger partial charge in [-0.05, 0) is 24.3 Å². The molecule has 0 aromatic heterocycles. The largest absolute Gasteiger partial charge is 0.489 e. The molecule has 2 rings (SSSR count). The lowest BCUT2D eigenvalue weighted by Gasteiger charge is -2.10. The maximum Gasteiger partial charge on any atom is 0.142 e. The van der Waals surface area contributed by atoms with Gasteiger partial charge in [-0.15, -0.1) is 0 Å². The fourth-order valence-corrected chi connectivity index (χ4v) is 2.63. The SMILES string of the molecule is Nc1ccccc1OCCOCCOCCOCCOCCOCCOc1ccccc1N. The highest BCUT2D eigenvalue weighted by Crippen LogP contribution is 2.20. The maximum absolute atomic E-state index is 5.80. The monoisotopic (exact) mass is 464 g/mol. The van der Waals surface area contributed by atoms with Gasteiger partial charge in [0.2, 0.25) is 0 Å². The van der Waals surface area contributed by atoms with Crippen molar-refractivity contribution >= 4 is 11.4 Å². The third kappa shape index (κ3) is 12.9. The number of hydrogen-bond donors (Lipinski definition) is 2. The number of anilines is 2. The summed E-state index contributed by atoms with van der Waals surface area (Å²) < 4.78 is 38.3. The highest BCUT2D eigenvalue weighted by Gasteiger charge is 1.99. The van der Waals surface area contributed by atoms with Crippen molar-refractivity contribution < 1.29 is 33.2 Å². The lowest BCUT2D eigenvalue weighted by atomic mass is 10.3. The van der Waals surface area contributed by atoms with Gasteiger partial charge in [0.1, 0.15) is 24.7 Å². The minimum atomic E-state index is 0.443. The third-order valence-electron chi connectivity index (χ3n) is 4.30. The zero-order valence-corrected chi connectivity index (χ0v) is 19.1. The molecule has 0 unspecified atom stereocenters. The van der Waals surface area contributed by atoms with Crippen LogP contribution in [-0.2, 0) is 23.7 Å². The Bertz CT molecular complexity index is 687. The Morgan fingerprint density at radius 1 is 0.394 bits per heavy atom. The first kappa shape index (κ1) is 26.7. The molecule has 9 nitrogen and oxygen atoms in total. The summed E-state index contributed by atoms with van der Waals surface area (Å²) in [4.78, 5) is 0. The van der Waals surface area contributed by atoms with E-state index in [0.717, 1.165) is 0 Å². The average molecular weight is 465 g/mol. The Labute approximate surface area is 195 Å². The summed E-state index contributed by atoms with van der Waals surface area (Å²) in [5.41, 5.74) is 12.8. The molecule has 0 amide bonds. The number of para-hydroxylation sites is 4. The quantitative estimate of drug-likeness (QED) is 0.225. The second-order valence-electron chi connectivity index (χ2n) is 6.83. The molecule has 0 aliphatic rings. The van der Waals surface area contributed by atoms with Gasteiger partial charge in [0, 0.05) is 0 Å². The zero-order chi connectivity index (χ0) is 23.4. The van der Waals surface area contributed by atoms with Crippen molar-refractivity contribution in [3.63, 3.8) is 0 Å². The Morgan fingerprint density at radius 3 is 0.970 bits per heavy atom. The fraction of sp³-hybridized carbons (Fsp3) is 0.500. The first-order valence-corrected chi connectivity index (χ1v) is 11.1. The van der Waals surface area contributed by atoms with Gasteiger partial charge in [-0.3, -0.25) is 0 Å². The van der Waals surface area contributed by atoms with E-state index in [9.17, 15) is 0 Å². The Morgan fingerprint density at radius 2 is 0.667 bits per heavy atom. The number of nitrogen functional groups attached to an aromatic ring is 2. The predicted molar refractivity (Wildman–Crippen MR) is 127 cm³/mol. The molecule has 0 saturated heterocycles. The standard InChI is InChI=1S/C24H36N2O7/c25-21-5-1-3-7-23(21)32-19-17-30-15-13-28-11-9-27-10-12-29-14-16-31-18-20-33-24-8-4-2-6-22(24)26/h1-8H,9-20,25-26H2. The zero-order valence-electron chi connectivity index (χ0n) is 19.1. The van der Waals surface area contributed by atoms with E-state index in [1.807, 2.05) is 36.4 Å². The molecule has 0 radical (unpaired) electrons. The summed E-state index contributed by atoms with van der Waals surface area (Å²) >= 11 is 0. The Balaban J connectivity index is 1.25. The van der Waals surface area contributed by atoms with Gasteiger partial charge in [-0.25, -0.2) is 0 Å². The van der Waals surface area contributed by atoms with Crippen molar-refractivity contribution in [3.8, 4) is 11.5 Å². The summed E-state index contributed by atoms with van der Waals surface area (Å²) in [5, 5.41) is 0. The van der Waals surface area contributed by atoms with E-state index in [2.05, 4.69) is 0 Å². The van der Waals surface area contributed by atoms with Crippen molar-refractivity contribution in [3.05, 3.63) is 48.5 Å².